The maximum atomic E-state index is 12.3. The number of rotatable bonds is 2. The van der Waals surface area contributed by atoms with Gasteiger partial charge in [-0.2, -0.15) is 4.68 Å². The van der Waals surface area contributed by atoms with Crippen LogP contribution in [0.5, 0.6) is 0 Å². The second-order valence-electron chi connectivity index (χ2n) is 5.31. The van der Waals surface area contributed by atoms with Crippen LogP contribution in [0, 0.1) is 6.92 Å². The number of fused-ring (bicyclic) bond motifs is 1. The van der Waals surface area contributed by atoms with Crippen LogP contribution in [-0.4, -0.2) is 40.3 Å². The van der Waals surface area contributed by atoms with E-state index in [1.54, 1.807) is 4.68 Å². The lowest BCUT2D eigenvalue weighted by molar-refractivity contribution is -0.136. The Hall–Kier alpha value is -2.70. The van der Waals surface area contributed by atoms with E-state index in [0.717, 1.165) is 11.1 Å². The fourth-order valence-electron chi connectivity index (χ4n) is 2.75. The third-order valence-electron chi connectivity index (χ3n) is 3.94. The zero-order valence-electron chi connectivity index (χ0n) is 12.9. The number of carbonyl (C=O) groups is 1. The molecule has 0 aliphatic carbocycles. The number of nitrogens with zero attached hydrogens (tertiary/aromatic N) is 5. The van der Waals surface area contributed by atoms with E-state index in [1.807, 2.05) is 50.1 Å². The van der Waals surface area contributed by atoms with Crippen molar-refractivity contribution in [1.29, 1.82) is 0 Å². The molecule has 0 amide bonds. The van der Waals surface area contributed by atoms with Gasteiger partial charge in [0.2, 0.25) is 0 Å². The number of ether oxygens (including phenoxy) is 1. The monoisotopic (exact) mass is 299 g/mol. The van der Waals surface area contributed by atoms with Crippen molar-refractivity contribution in [2.24, 2.45) is 0 Å². The number of allylic oxidation sites excluding steroid dienone is 1. The van der Waals surface area contributed by atoms with Crippen molar-refractivity contribution in [2.45, 2.75) is 19.9 Å². The van der Waals surface area contributed by atoms with Crippen LogP contribution in [0.2, 0.25) is 0 Å². The first-order chi connectivity index (χ1) is 10.5. The smallest absolute Gasteiger partial charge is 0.338 e. The van der Waals surface area contributed by atoms with Gasteiger partial charge in [0.05, 0.1) is 24.4 Å². The van der Waals surface area contributed by atoms with Gasteiger partial charge in [-0.15, -0.1) is 0 Å². The predicted octanol–water partition coefficient (Wildman–Crippen LogP) is 1.58. The van der Waals surface area contributed by atoms with Gasteiger partial charge in [-0.05, 0) is 29.8 Å². The van der Waals surface area contributed by atoms with Gasteiger partial charge < -0.3 is 9.64 Å². The van der Waals surface area contributed by atoms with E-state index >= 15 is 0 Å². The number of methoxy groups -OCH3 is 1. The molecule has 1 aromatic carbocycles. The van der Waals surface area contributed by atoms with Gasteiger partial charge in [0.1, 0.15) is 0 Å². The molecule has 0 saturated carbocycles. The van der Waals surface area contributed by atoms with Gasteiger partial charge in [0.25, 0.3) is 5.95 Å². The largest absolute Gasteiger partial charge is 0.466 e. The van der Waals surface area contributed by atoms with E-state index in [0.29, 0.717) is 17.2 Å². The first-order valence-corrected chi connectivity index (χ1v) is 6.92. The van der Waals surface area contributed by atoms with Crippen molar-refractivity contribution >= 4 is 17.6 Å². The SMILES string of the molecule is COC(=O)C1=C(C)n2nnnc2N(C)C1c1ccc(C)cc1. The Morgan fingerprint density at radius 2 is 1.91 bits per heavy atom. The Bertz CT molecular complexity index is 748. The Morgan fingerprint density at radius 1 is 1.23 bits per heavy atom. The molecule has 7 nitrogen and oxygen atoms in total. The summed E-state index contributed by atoms with van der Waals surface area (Å²) in [7, 11) is 3.24. The van der Waals surface area contributed by atoms with Gasteiger partial charge in [0, 0.05) is 7.05 Å². The fourth-order valence-corrected chi connectivity index (χ4v) is 2.75. The fraction of sp³-hybridized carbons (Fsp3) is 0.333. The van der Waals surface area contributed by atoms with Gasteiger partial charge in [-0.3, -0.25) is 0 Å². The van der Waals surface area contributed by atoms with E-state index in [4.69, 9.17) is 4.74 Å². The average Bonchev–Trinajstić information content (AvgIpc) is 3.01. The summed E-state index contributed by atoms with van der Waals surface area (Å²) in [5, 5.41) is 11.7. The summed E-state index contributed by atoms with van der Waals surface area (Å²) < 4.78 is 6.52. The highest BCUT2D eigenvalue weighted by atomic mass is 16.5. The van der Waals surface area contributed by atoms with Crippen molar-refractivity contribution in [3.63, 3.8) is 0 Å². The highest BCUT2D eigenvalue weighted by Crippen LogP contribution is 2.38. The summed E-state index contributed by atoms with van der Waals surface area (Å²) in [6.45, 7) is 3.84. The highest BCUT2D eigenvalue weighted by molar-refractivity contribution is 5.97. The second kappa shape index (κ2) is 5.25. The molecule has 0 fully saturated rings. The van der Waals surface area contributed by atoms with Crippen LogP contribution in [0.1, 0.15) is 24.1 Å². The predicted molar refractivity (Wildman–Crippen MR) is 81.0 cm³/mol. The number of tetrazole rings is 1. The van der Waals surface area contributed by atoms with Gasteiger partial charge in [0.15, 0.2) is 0 Å². The molecule has 0 spiro atoms. The molecule has 7 heteroatoms. The van der Waals surface area contributed by atoms with Gasteiger partial charge in [-0.1, -0.05) is 34.9 Å². The van der Waals surface area contributed by atoms with E-state index in [9.17, 15) is 4.79 Å². The van der Waals surface area contributed by atoms with Crippen molar-refractivity contribution in [3.8, 4) is 0 Å². The molecular weight excluding hydrogens is 282 g/mol. The third kappa shape index (κ3) is 2.05. The highest BCUT2D eigenvalue weighted by Gasteiger charge is 2.37. The molecule has 0 N–H and O–H groups in total. The number of carbonyl (C=O) groups excluding carboxylic acids is 1. The lowest BCUT2D eigenvalue weighted by Gasteiger charge is -2.34. The minimum atomic E-state index is -0.379. The van der Waals surface area contributed by atoms with Crippen LogP contribution in [0.25, 0.3) is 5.70 Å². The van der Waals surface area contributed by atoms with Gasteiger partial charge >= 0.3 is 5.97 Å². The molecule has 2 heterocycles. The number of aryl methyl sites for hydroxylation is 1. The second-order valence-corrected chi connectivity index (χ2v) is 5.31. The third-order valence-corrected chi connectivity index (χ3v) is 3.94. The van der Waals surface area contributed by atoms with Crippen LogP contribution >= 0.6 is 0 Å². The van der Waals surface area contributed by atoms with Crippen molar-refractivity contribution in [1.82, 2.24) is 20.2 Å². The lowest BCUT2D eigenvalue weighted by Crippen LogP contribution is -2.36. The molecule has 114 valence electrons. The van der Waals surface area contributed by atoms with Crippen LogP contribution in [0.15, 0.2) is 29.8 Å². The van der Waals surface area contributed by atoms with Crippen LogP contribution in [0.3, 0.4) is 0 Å². The van der Waals surface area contributed by atoms with Crippen molar-refractivity contribution in [2.75, 3.05) is 19.1 Å². The standard InChI is InChI=1S/C15H17N5O2/c1-9-5-7-11(8-6-9)13-12(14(21)22-4)10(2)20-15(19(13)3)16-17-18-20/h5-8,13H,1-4H3. The Balaban J connectivity index is 2.20. The molecule has 1 aliphatic rings. The number of esters is 1. The van der Waals surface area contributed by atoms with E-state index in [2.05, 4.69) is 15.5 Å². The molecule has 1 aliphatic heterocycles. The summed E-state index contributed by atoms with van der Waals surface area (Å²) in [5.74, 6) is 0.215. The quantitative estimate of drug-likeness (QED) is 0.784. The van der Waals surface area contributed by atoms with Gasteiger partial charge in [-0.25, -0.2) is 4.79 Å². The zero-order valence-corrected chi connectivity index (χ0v) is 12.9. The Morgan fingerprint density at radius 3 is 2.55 bits per heavy atom. The average molecular weight is 299 g/mol. The number of hydrogen-bond donors (Lipinski definition) is 0. The summed E-state index contributed by atoms with van der Waals surface area (Å²) in [6.07, 6.45) is 0. The lowest BCUT2D eigenvalue weighted by atomic mass is 9.94. The number of benzene rings is 1. The molecule has 22 heavy (non-hydrogen) atoms. The maximum Gasteiger partial charge on any atom is 0.338 e. The minimum absolute atomic E-state index is 0.286. The van der Waals surface area contributed by atoms with Crippen LogP contribution in [0.4, 0.5) is 5.95 Å². The summed E-state index contributed by atoms with van der Waals surface area (Å²) in [5.41, 5.74) is 3.36. The number of anilines is 1. The van der Waals surface area contributed by atoms with Crippen molar-refractivity contribution in [3.05, 3.63) is 41.0 Å². The normalized spacial score (nSPS) is 17.5. The van der Waals surface area contributed by atoms with E-state index in [1.165, 1.54) is 7.11 Å². The molecule has 1 aromatic heterocycles. The zero-order chi connectivity index (χ0) is 15.9. The van der Waals surface area contributed by atoms with E-state index in [-0.39, 0.29) is 12.0 Å². The molecule has 0 bridgehead atoms. The minimum Gasteiger partial charge on any atom is -0.466 e. The summed E-state index contributed by atoms with van der Waals surface area (Å²) in [6, 6.07) is 7.76. The molecule has 3 rings (SSSR count). The number of aromatic nitrogens is 4. The van der Waals surface area contributed by atoms with Crippen LogP contribution < -0.4 is 4.90 Å². The van der Waals surface area contributed by atoms with E-state index < -0.39 is 0 Å². The Kier molecular flexibility index (Phi) is 3.40. The molecular formula is C15H17N5O2. The first kappa shape index (κ1) is 14.2. The summed E-state index contributed by atoms with van der Waals surface area (Å²) in [4.78, 5) is 14.2. The molecule has 0 saturated heterocycles. The maximum absolute atomic E-state index is 12.3. The van der Waals surface area contributed by atoms with Crippen LogP contribution in [-0.2, 0) is 9.53 Å². The topological polar surface area (TPSA) is 73.1 Å². The molecule has 1 atom stereocenters. The molecule has 0 radical (unpaired) electrons. The number of likely N-dealkylation sites (N-methyl/N-ethyl adjacent to an activating group) is 1. The molecule has 1 unspecified atom stereocenters. The Labute approximate surface area is 128 Å². The first-order valence-electron chi connectivity index (χ1n) is 6.92. The van der Waals surface area contributed by atoms with Crippen molar-refractivity contribution < 1.29 is 9.53 Å². The molecule has 2 aromatic rings. The number of hydrogen-bond acceptors (Lipinski definition) is 6. The summed E-state index contributed by atoms with van der Waals surface area (Å²) >= 11 is 0.